The van der Waals surface area contributed by atoms with Gasteiger partial charge in [-0.05, 0) is 12.1 Å². The Hall–Kier alpha value is -3.06. The molecule has 0 saturated heterocycles. The lowest BCUT2D eigenvalue weighted by molar-refractivity contribution is 0.210. The number of nitrogens with zero attached hydrogens (tertiary/aromatic N) is 2. The van der Waals surface area contributed by atoms with Gasteiger partial charge in [-0.2, -0.15) is 4.98 Å². The summed E-state index contributed by atoms with van der Waals surface area (Å²) in [4.78, 5) is 8.78. The average Bonchev–Trinajstić information content (AvgIpc) is 2.65. The van der Waals surface area contributed by atoms with Crippen LogP contribution < -0.4 is 10.6 Å². The van der Waals surface area contributed by atoms with Crippen molar-refractivity contribution in [3.8, 4) is 11.3 Å². The lowest BCUT2D eigenvalue weighted by atomic mass is 10.1. The van der Waals surface area contributed by atoms with Gasteiger partial charge in [0.1, 0.15) is 17.5 Å². The van der Waals surface area contributed by atoms with E-state index in [9.17, 15) is 8.78 Å². The Morgan fingerprint density at radius 2 is 1.81 bits per heavy atom. The summed E-state index contributed by atoms with van der Waals surface area (Å²) in [6, 6.07) is 14.6. The molecule has 1 aromatic heterocycles. The first-order valence-electron chi connectivity index (χ1n) is 8.05. The highest BCUT2D eigenvalue weighted by atomic mass is 19.1. The van der Waals surface area contributed by atoms with Crippen molar-refractivity contribution in [2.24, 2.45) is 0 Å². The van der Waals surface area contributed by atoms with Gasteiger partial charge in [-0.15, -0.1) is 0 Å². The highest BCUT2D eigenvalue weighted by Gasteiger charge is 2.10. The molecule has 0 radical (unpaired) electrons. The first-order valence-corrected chi connectivity index (χ1v) is 8.05. The average molecular weight is 356 g/mol. The van der Waals surface area contributed by atoms with Crippen LogP contribution in [-0.4, -0.2) is 30.2 Å². The van der Waals surface area contributed by atoms with Crippen LogP contribution in [0.25, 0.3) is 11.3 Å². The van der Waals surface area contributed by atoms with E-state index in [0.717, 1.165) is 11.6 Å². The van der Waals surface area contributed by atoms with Crippen molar-refractivity contribution in [2.45, 2.75) is 0 Å². The van der Waals surface area contributed by atoms with Crippen LogP contribution in [0.4, 0.5) is 26.2 Å². The molecule has 26 heavy (non-hydrogen) atoms. The maximum absolute atomic E-state index is 13.9. The van der Waals surface area contributed by atoms with Crippen LogP contribution >= 0.6 is 0 Å². The summed E-state index contributed by atoms with van der Waals surface area (Å²) in [6.07, 6.45) is 0. The van der Waals surface area contributed by atoms with E-state index in [1.54, 1.807) is 13.2 Å². The maximum Gasteiger partial charge on any atom is 0.229 e. The van der Waals surface area contributed by atoms with Crippen LogP contribution in [0.15, 0.2) is 54.6 Å². The molecule has 3 rings (SSSR count). The number of hydrogen-bond acceptors (Lipinski definition) is 5. The molecule has 0 saturated carbocycles. The van der Waals surface area contributed by atoms with Gasteiger partial charge in [0.2, 0.25) is 5.95 Å². The van der Waals surface area contributed by atoms with Crippen LogP contribution in [0.1, 0.15) is 0 Å². The number of nitrogens with one attached hydrogen (secondary N) is 2. The Morgan fingerprint density at radius 3 is 2.54 bits per heavy atom. The van der Waals surface area contributed by atoms with E-state index < -0.39 is 11.6 Å². The largest absolute Gasteiger partial charge is 0.383 e. The molecule has 0 unspecified atom stereocenters. The molecule has 5 nitrogen and oxygen atoms in total. The van der Waals surface area contributed by atoms with Gasteiger partial charge in [-0.3, -0.25) is 0 Å². The zero-order valence-corrected chi connectivity index (χ0v) is 14.2. The molecule has 0 aliphatic carbocycles. The molecule has 0 aliphatic rings. The monoisotopic (exact) mass is 356 g/mol. The fourth-order valence-corrected chi connectivity index (χ4v) is 2.34. The van der Waals surface area contributed by atoms with Gasteiger partial charge >= 0.3 is 0 Å². The molecular weight excluding hydrogens is 338 g/mol. The molecule has 0 aliphatic heterocycles. The minimum atomic E-state index is -0.715. The third-order valence-corrected chi connectivity index (χ3v) is 3.59. The van der Waals surface area contributed by atoms with Gasteiger partial charge in [0.05, 0.1) is 18.0 Å². The smallest absolute Gasteiger partial charge is 0.229 e. The van der Waals surface area contributed by atoms with E-state index in [2.05, 4.69) is 20.6 Å². The lowest BCUT2D eigenvalue weighted by Crippen LogP contribution is -2.10. The zero-order chi connectivity index (χ0) is 18.4. The van der Waals surface area contributed by atoms with Crippen LogP contribution in [0.5, 0.6) is 0 Å². The van der Waals surface area contributed by atoms with Gasteiger partial charge in [0.15, 0.2) is 0 Å². The molecule has 0 bridgehead atoms. The maximum atomic E-state index is 13.9. The van der Waals surface area contributed by atoms with E-state index >= 15 is 0 Å². The molecule has 3 aromatic rings. The van der Waals surface area contributed by atoms with Gasteiger partial charge in [-0.1, -0.05) is 30.3 Å². The Morgan fingerprint density at radius 1 is 1.00 bits per heavy atom. The zero-order valence-electron chi connectivity index (χ0n) is 14.2. The molecule has 0 atom stereocenters. The molecule has 134 valence electrons. The van der Waals surface area contributed by atoms with Gasteiger partial charge in [0, 0.05) is 31.4 Å². The Bertz CT molecular complexity index is 875. The van der Waals surface area contributed by atoms with Crippen LogP contribution in [0.2, 0.25) is 0 Å². The number of methoxy groups -OCH3 is 1. The molecule has 0 amide bonds. The molecule has 7 heteroatoms. The van der Waals surface area contributed by atoms with E-state index in [-0.39, 0.29) is 11.6 Å². The first kappa shape index (κ1) is 17.8. The summed E-state index contributed by atoms with van der Waals surface area (Å²) in [5, 5.41) is 5.94. The van der Waals surface area contributed by atoms with Crippen molar-refractivity contribution in [3.63, 3.8) is 0 Å². The number of halogens is 2. The highest BCUT2D eigenvalue weighted by molar-refractivity contribution is 5.66. The summed E-state index contributed by atoms with van der Waals surface area (Å²) in [5.74, 6) is -0.584. The Kier molecular flexibility index (Phi) is 5.70. The van der Waals surface area contributed by atoms with E-state index in [1.165, 1.54) is 12.1 Å². The normalized spacial score (nSPS) is 10.6. The predicted octanol–water partition coefficient (Wildman–Crippen LogP) is 4.22. The lowest BCUT2D eigenvalue weighted by Gasteiger charge is -2.12. The van der Waals surface area contributed by atoms with Crippen molar-refractivity contribution in [1.82, 2.24) is 9.97 Å². The second kappa shape index (κ2) is 8.35. The Labute approximate surface area is 150 Å². The predicted molar refractivity (Wildman–Crippen MR) is 97.5 cm³/mol. The molecule has 0 fully saturated rings. The Balaban J connectivity index is 1.93. The summed E-state index contributed by atoms with van der Waals surface area (Å²) in [6.45, 7) is 1.08. The van der Waals surface area contributed by atoms with Crippen molar-refractivity contribution in [3.05, 3.63) is 66.2 Å². The minimum Gasteiger partial charge on any atom is -0.383 e. The first-order chi connectivity index (χ1) is 12.7. The second-order valence-electron chi connectivity index (χ2n) is 5.50. The van der Waals surface area contributed by atoms with Crippen LogP contribution in [-0.2, 0) is 4.74 Å². The third kappa shape index (κ3) is 4.52. The number of ether oxygens (including phenoxy) is 1. The summed E-state index contributed by atoms with van der Waals surface area (Å²) < 4.78 is 32.0. The minimum absolute atomic E-state index is 0.0967. The second-order valence-corrected chi connectivity index (χ2v) is 5.50. The fraction of sp³-hybridized carbons (Fsp3) is 0.158. The standard InChI is InChI=1S/C19H18F2N4O/c1-26-10-9-22-18-12-17(13-5-3-2-4-6-13)24-19(25-18)23-16-8-7-14(20)11-15(16)21/h2-8,11-12H,9-10H2,1H3,(H2,22,23,24,25). The van der Waals surface area contributed by atoms with E-state index in [1.807, 2.05) is 30.3 Å². The third-order valence-electron chi connectivity index (χ3n) is 3.59. The molecule has 1 heterocycles. The van der Waals surface area contributed by atoms with E-state index in [0.29, 0.717) is 24.7 Å². The molecule has 0 spiro atoms. The summed E-state index contributed by atoms with van der Waals surface area (Å²) in [5.41, 5.74) is 1.66. The van der Waals surface area contributed by atoms with E-state index in [4.69, 9.17) is 4.74 Å². The van der Waals surface area contributed by atoms with Crippen LogP contribution in [0.3, 0.4) is 0 Å². The van der Waals surface area contributed by atoms with Crippen molar-refractivity contribution in [2.75, 3.05) is 30.9 Å². The van der Waals surface area contributed by atoms with Gasteiger partial charge in [-0.25, -0.2) is 13.8 Å². The number of rotatable bonds is 7. The van der Waals surface area contributed by atoms with Gasteiger partial charge < -0.3 is 15.4 Å². The number of anilines is 3. The number of hydrogen-bond donors (Lipinski definition) is 2. The SMILES string of the molecule is COCCNc1cc(-c2ccccc2)nc(Nc2ccc(F)cc2F)n1. The summed E-state index contributed by atoms with van der Waals surface area (Å²) >= 11 is 0. The summed E-state index contributed by atoms with van der Waals surface area (Å²) in [7, 11) is 1.61. The number of benzene rings is 2. The van der Waals surface area contributed by atoms with Crippen molar-refractivity contribution in [1.29, 1.82) is 0 Å². The molecule has 2 N–H and O–H groups in total. The molecular formula is C19H18F2N4O. The fourth-order valence-electron chi connectivity index (χ4n) is 2.34. The van der Waals surface area contributed by atoms with Crippen molar-refractivity contribution < 1.29 is 13.5 Å². The number of aromatic nitrogens is 2. The van der Waals surface area contributed by atoms with Crippen LogP contribution in [0, 0.1) is 11.6 Å². The topological polar surface area (TPSA) is 59.1 Å². The van der Waals surface area contributed by atoms with Gasteiger partial charge in [0.25, 0.3) is 0 Å². The quantitative estimate of drug-likeness (QED) is 0.621. The van der Waals surface area contributed by atoms with Crippen molar-refractivity contribution >= 4 is 17.5 Å². The molecule has 2 aromatic carbocycles. The highest BCUT2D eigenvalue weighted by Crippen LogP contribution is 2.24.